The Labute approximate surface area is 154 Å². The number of rotatable bonds is 16. The van der Waals surface area contributed by atoms with Gasteiger partial charge in [0.1, 0.15) is 0 Å². The fourth-order valence-electron chi connectivity index (χ4n) is 2.48. The van der Waals surface area contributed by atoms with Gasteiger partial charge in [0.25, 0.3) is 0 Å². The Morgan fingerprint density at radius 2 is 1.48 bits per heavy atom. The predicted octanol–water partition coefficient (Wildman–Crippen LogP) is 6.32. The molecule has 0 aliphatic rings. The van der Waals surface area contributed by atoms with Crippen molar-refractivity contribution >= 4 is 7.82 Å². The second kappa shape index (κ2) is 16.8. The van der Waals surface area contributed by atoms with Gasteiger partial charge in [0.15, 0.2) is 0 Å². The lowest BCUT2D eigenvalue weighted by atomic mass is 9.99. The zero-order valence-electron chi connectivity index (χ0n) is 16.0. The van der Waals surface area contributed by atoms with Crippen LogP contribution >= 0.6 is 7.82 Å². The number of phosphoric acid groups is 1. The van der Waals surface area contributed by atoms with Crippen molar-refractivity contribution in [1.82, 2.24) is 0 Å². The molecule has 0 bridgehead atoms. The lowest BCUT2D eigenvalue weighted by Crippen LogP contribution is -2.07. The molecule has 0 aromatic heterocycles. The largest absolute Gasteiger partial charge is 0.469 e. The van der Waals surface area contributed by atoms with Gasteiger partial charge >= 0.3 is 7.82 Å². The molecule has 146 valence electrons. The van der Waals surface area contributed by atoms with Crippen LogP contribution in [0.4, 0.5) is 0 Å². The van der Waals surface area contributed by atoms with Crippen molar-refractivity contribution in [2.75, 3.05) is 6.61 Å². The van der Waals surface area contributed by atoms with E-state index in [0.29, 0.717) is 0 Å². The van der Waals surface area contributed by atoms with Crippen LogP contribution in [0.15, 0.2) is 36.5 Å². The quantitative estimate of drug-likeness (QED) is 0.189. The molecule has 0 fully saturated rings. The van der Waals surface area contributed by atoms with Crippen molar-refractivity contribution in [3.8, 4) is 0 Å². The van der Waals surface area contributed by atoms with Crippen molar-refractivity contribution in [2.45, 2.75) is 78.1 Å². The molecule has 4 nitrogen and oxygen atoms in total. The molecule has 0 heterocycles. The van der Waals surface area contributed by atoms with E-state index in [1.165, 1.54) is 19.3 Å². The molecular weight excluding hydrogens is 335 g/mol. The summed E-state index contributed by atoms with van der Waals surface area (Å²) in [5, 5.41) is 0. The maximum Gasteiger partial charge on any atom is 0.469 e. The third-order valence-corrected chi connectivity index (χ3v) is 4.55. The summed E-state index contributed by atoms with van der Waals surface area (Å²) in [6.07, 6.45) is 24.1. The first-order chi connectivity index (χ1) is 12.0. The number of allylic oxidation sites excluding steroid dienone is 6. The molecule has 1 unspecified atom stereocenters. The Hall–Kier alpha value is -0.670. The molecule has 25 heavy (non-hydrogen) atoms. The molecule has 0 rings (SSSR count). The van der Waals surface area contributed by atoms with Gasteiger partial charge in [-0.3, -0.25) is 4.52 Å². The van der Waals surface area contributed by atoms with Gasteiger partial charge in [0.05, 0.1) is 6.61 Å². The van der Waals surface area contributed by atoms with E-state index >= 15 is 0 Å². The van der Waals surface area contributed by atoms with Gasteiger partial charge in [-0.15, -0.1) is 0 Å². The summed E-state index contributed by atoms with van der Waals surface area (Å²) in [4.78, 5) is 17.5. The minimum atomic E-state index is -4.32. The van der Waals surface area contributed by atoms with Gasteiger partial charge in [0.2, 0.25) is 0 Å². The maximum absolute atomic E-state index is 10.7. The van der Waals surface area contributed by atoms with E-state index in [9.17, 15) is 4.57 Å². The predicted molar refractivity (Wildman–Crippen MR) is 106 cm³/mol. The van der Waals surface area contributed by atoms with E-state index in [1.807, 2.05) is 6.92 Å². The van der Waals surface area contributed by atoms with Crippen LogP contribution in [0.25, 0.3) is 0 Å². The molecule has 0 spiro atoms. The molecule has 0 aromatic rings. The molecule has 5 heteroatoms. The van der Waals surface area contributed by atoms with Gasteiger partial charge in [-0.2, -0.15) is 0 Å². The monoisotopic (exact) mass is 372 g/mol. The van der Waals surface area contributed by atoms with Crippen LogP contribution < -0.4 is 0 Å². The summed E-state index contributed by atoms with van der Waals surface area (Å²) in [6.45, 7) is 4.34. The van der Waals surface area contributed by atoms with Crippen molar-refractivity contribution in [2.24, 2.45) is 5.92 Å². The van der Waals surface area contributed by atoms with Crippen LogP contribution in [-0.4, -0.2) is 16.4 Å². The Bertz CT molecular complexity index is 423. The van der Waals surface area contributed by atoms with Crippen LogP contribution in [0.5, 0.6) is 0 Å². The average Bonchev–Trinajstić information content (AvgIpc) is 2.57. The summed E-state index contributed by atoms with van der Waals surface area (Å²) < 4.78 is 15.3. The average molecular weight is 372 g/mol. The summed E-state index contributed by atoms with van der Waals surface area (Å²) >= 11 is 0. The minimum absolute atomic E-state index is 0.158. The summed E-state index contributed by atoms with van der Waals surface area (Å²) in [7, 11) is -4.32. The molecule has 0 aliphatic heterocycles. The zero-order valence-corrected chi connectivity index (χ0v) is 16.9. The van der Waals surface area contributed by atoms with Crippen molar-refractivity contribution in [3.05, 3.63) is 36.5 Å². The third-order valence-electron chi connectivity index (χ3n) is 4.07. The number of hydrogen-bond acceptors (Lipinski definition) is 2. The van der Waals surface area contributed by atoms with Gasteiger partial charge < -0.3 is 9.79 Å². The van der Waals surface area contributed by atoms with Gasteiger partial charge in [-0.1, -0.05) is 76.0 Å². The standard InChI is InChI=1S/C20H37O4P/c1-3-5-6-7-8-9-10-11-12-13-14-15-16-17-18-20(4-2)19-24-25(21,22)23/h5-6,8-9,11-12,20H,3-4,7,10,13-19H2,1-2H3,(H2,21,22,23). The van der Waals surface area contributed by atoms with Gasteiger partial charge in [0, 0.05) is 0 Å². The molecule has 0 amide bonds. The van der Waals surface area contributed by atoms with Gasteiger partial charge in [-0.25, -0.2) is 4.57 Å². The first kappa shape index (κ1) is 24.3. The highest BCUT2D eigenvalue weighted by Crippen LogP contribution is 2.37. The van der Waals surface area contributed by atoms with Crippen LogP contribution in [0.2, 0.25) is 0 Å². The van der Waals surface area contributed by atoms with Crippen molar-refractivity contribution < 1.29 is 18.9 Å². The second-order valence-electron chi connectivity index (χ2n) is 6.35. The molecule has 1 atom stereocenters. The van der Waals surface area contributed by atoms with Crippen LogP contribution in [0.3, 0.4) is 0 Å². The molecule has 0 radical (unpaired) electrons. The van der Waals surface area contributed by atoms with E-state index in [-0.39, 0.29) is 12.5 Å². The number of phosphoric ester groups is 1. The summed E-state index contributed by atoms with van der Waals surface area (Å²) in [5.74, 6) is 0.242. The lowest BCUT2D eigenvalue weighted by molar-refractivity contribution is 0.161. The Balaban J connectivity index is 3.51. The third kappa shape index (κ3) is 19.5. The zero-order chi connectivity index (χ0) is 18.8. The Morgan fingerprint density at radius 1 is 0.880 bits per heavy atom. The molecule has 2 N–H and O–H groups in total. The van der Waals surface area contributed by atoms with Gasteiger partial charge in [-0.05, 0) is 44.4 Å². The topological polar surface area (TPSA) is 66.8 Å². The fourth-order valence-corrected chi connectivity index (χ4v) is 2.89. The maximum atomic E-state index is 10.7. The Morgan fingerprint density at radius 3 is 2.08 bits per heavy atom. The SMILES string of the molecule is CCC=CCC=CCC=CCCCCCCC(CC)COP(=O)(O)O. The van der Waals surface area contributed by atoms with E-state index in [0.717, 1.165) is 44.9 Å². The highest BCUT2D eigenvalue weighted by molar-refractivity contribution is 7.46. The van der Waals surface area contributed by atoms with E-state index in [1.54, 1.807) is 0 Å². The highest BCUT2D eigenvalue weighted by Gasteiger charge is 2.16. The van der Waals surface area contributed by atoms with E-state index < -0.39 is 7.82 Å². The molecule has 0 saturated carbocycles. The van der Waals surface area contributed by atoms with E-state index in [2.05, 4.69) is 47.9 Å². The first-order valence-electron chi connectivity index (χ1n) is 9.64. The van der Waals surface area contributed by atoms with Crippen LogP contribution in [0.1, 0.15) is 78.1 Å². The van der Waals surface area contributed by atoms with E-state index in [4.69, 9.17) is 9.79 Å². The molecular formula is C20H37O4P. The number of unbranched alkanes of at least 4 members (excludes halogenated alkanes) is 4. The first-order valence-corrected chi connectivity index (χ1v) is 11.2. The highest BCUT2D eigenvalue weighted by atomic mass is 31.2. The summed E-state index contributed by atoms with van der Waals surface area (Å²) in [5.41, 5.74) is 0. The van der Waals surface area contributed by atoms with Crippen LogP contribution in [-0.2, 0) is 9.09 Å². The molecule has 0 aliphatic carbocycles. The second-order valence-corrected chi connectivity index (χ2v) is 7.59. The molecule has 0 aromatic carbocycles. The normalized spacial score (nSPS) is 14.2. The van der Waals surface area contributed by atoms with Crippen molar-refractivity contribution in [1.29, 1.82) is 0 Å². The van der Waals surface area contributed by atoms with Crippen LogP contribution in [0, 0.1) is 5.92 Å². The fraction of sp³-hybridized carbons (Fsp3) is 0.700. The molecule has 0 saturated heterocycles. The van der Waals surface area contributed by atoms with Crippen molar-refractivity contribution in [3.63, 3.8) is 0 Å². The minimum Gasteiger partial charge on any atom is -0.303 e. The lowest BCUT2D eigenvalue weighted by Gasteiger charge is -2.15. The summed E-state index contributed by atoms with van der Waals surface area (Å²) in [6, 6.07) is 0. The number of hydrogen-bond donors (Lipinski definition) is 2. The Kier molecular flexibility index (Phi) is 16.3. The smallest absolute Gasteiger partial charge is 0.303 e.